The molecule has 8 heteroatoms. The Morgan fingerprint density at radius 3 is 2.77 bits per heavy atom. The normalized spacial score (nSPS) is 10.3. The molecule has 0 aliphatic carbocycles. The number of nitrogens with zero attached hydrogens (tertiary/aromatic N) is 3. The Morgan fingerprint density at radius 1 is 1.15 bits per heavy atom. The molecule has 3 aromatic rings. The van der Waals surface area contributed by atoms with E-state index in [2.05, 4.69) is 25.6 Å². The molecule has 1 amide bonds. The van der Waals surface area contributed by atoms with Crippen molar-refractivity contribution < 1.29 is 4.79 Å². The number of hydrogen-bond donors (Lipinski definition) is 3. The molecule has 132 valence electrons. The minimum atomic E-state index is -0.265. The van der Waals surface area contributed by atoms with Crippen molar-refractivity contribution in [2.75, 3.05) is 22.6 Å². The van der Waals surface area contributed by atoms with Gasteiger partial charge >= 0.3 is 0 Å². The van der Waals surface area contributed by atoms with Crippen molar-refractivity contribution in [2.45, 2.75) is 11.4 Å². The molecule has 4 N–H and O–H groups in total. The van der Waals surface area contributed by atoms with E-state index in [1.54, 1.807) is 54.6 Å². The Bertz CT molecular complexity index is 900. The predicted octanol–water partition coefficient (Wildman–Crippen LogP) is 3.04. The standard InChI is InChI=1S/C18H18N6OS/c1-26-14-4-5-16(23-11-14)18(25)24-12-6-8-20-13(9-12)10-22-15-3-2-7-21-17(15)19/h2-9,11,22H,10H2,1H3,(H2,19,21)(H,20,24,25). The highest BCUT2D eigenvalue weighted by Gasteiger charge is 2.08. The van der Waals surface area contributed by atoms with Gasteiger partial charge in [-0.05, 0) is 42.7 Å². The van der Waals surface area contributed by atoms with E-state index >= 15 is 0 Å². The molecular formula is C18H18N6OS. The van der Waals surface area contributed by atoms with E-state index in [9.17, 15) is 4.79 Å². The number of carbonyl (C=O) groups excluding carboxylic acids is 1. The van der Waals surface area contributed by atoms with Crippen LogP contribution in [0.25, 0.3) is 0 Å². The van der Waals surface area contributed by atoms with Crippen LogP contribution < -0.4 is 16.4 Å². The average Bonchev–Trinajstić information content (AvgIpc) is 2.68. The Balaban J connectivity index is 1.65. The minimum Gasteiger partial charge on any atom is -0.382 e. The van der Waals surface area contributed by atoms with Crippen LogP contribution in [0.15, 0.2) is 59.9 Å². The fraction of sp³-hybridized carbons (Fsp3) is 0.111. The number of aromatic nitrogens is 3. The van der Waals surface area contributed by atoms with Gasteiger partial charge in [-0.2, -0.15) is 0 Å². The van der Waals surface area contributed by atoms with Crippen molar-refractivity contribution in [2.24, 2.45) is 0 Å². The maximum absolute atomic E-state index is 12.3. The summed E-state index contributed by atoms with van der Waals surface area (Å²) in [6.07, 6.45) is 6.92. The smallest absolute Gasteiger partial charge is 0.274 e. The molecule has 0 radical (unpaired) electrons. The molecule has 26 heavy (non-hydrogen) atoms. The molecule has 0 unspecified atom stereocenters. The Hall–Kier alpha value is -3.13. The van der Waals surface area contributed by atoms with Crippen LogP contribution in [-0.4, -0.2) is 27.1 Å². The van der Waals surface area contributed by atoms with Gasteiger partial charge in [-0.1, -0.05) is 0 Å². The van der Waals surface area contributed by atoms with Gasteiger partial charge in [0.05, 0.1) is 17.9 Å². The van der Waals surface area contributed by atoms with Gasteiger partial charge in [0.1, 0.15) is 11.5 Å². The van der Waals surface area contributed by atoms with Gasteiger partial charge in [-0.15, -0.1) is 11.8 Å². The van der Waals surface area contributed by atoms with Gasteiger partial charge in [0.15, 0.2) is 0 Å². The largest absolute Gasteiger partial charge is 0.382 e. The van der Waals surface area contributed by atoms with Crippen LogP contribution in [0.5, 0.6) is 0 Å². The summed E-state index contributed by atoms with van der Waals surface area (Å²) in [6.45, 7) is 0.459. The number of rotatable bonds is 6. The zero-order valence-corrected chi connectivity index (χ0v) is 15.0. The first-order chi connectivity index (χ1) is 12.7. The molecule has 0 fully saturated rings. The van der Waals surface area contributed by atoms with Gasteiger partial charge in [0, 0.05) is 29.2 Å². The van der Waals surface area contributed by atoms with Crippen LogP contribution in [0, 0.1) is 0 Å². The molecule has 0 spiro atoms. The summed E-state index contributed by atoms with van der Waals surface area (Å²) < 4.78 is 0. The number of hydrogen-bond acceptors (Lipinski definition) is 7. The molecule has 0 bridgehead atoms. The molecule has 0 saturated carbocycles. The predicted molar refractivity (Wildman–Crippen MR) is 104 cm³/mol. The van der Waals surface area contributed by atoms with Crippen molar-refractivity contribution in [1.29, 1.82) is 0 Å². The topological polar surface area (TPSA) is 106 Å². The second-order valence-corrected chi connectivity index (χ2v) is 6.24. The van der Waals surface area contributed by atoms with Crippen molar-refractivity contribution in [3.8, 4) is 0 Å². The monoisotopic (exact) mass is 366 g/mol. The first-order valence-corrected chi connectivity index (χ1v) is 9.09. The summed E-state index contributed by atoms with van der Waals surface area (Å²) in [5, 5.41) is 6.01. The molecule has 7 nitrogen and oxygen atoms in total. The molecule has 3 rings (SSSR count). The molecule has 0 saturated heterocycles. The summed E-state index contributed by atoms with van der Waals surface area (Å²) in [4.78, 5) is 25.8. The van der Waals surface area contributed by atoms with Crippen LogP contribution in [-0.2, 0) is 6.54 Å². The van der Waals surface area contributed by atoms with Gasteiger partial charge in [-0.3, -0.25) is 9.78 Å². The summed E-state index contributed by atoms with van der Waals surface area (Å²) >= 11 is 1.58. The molecule has 0 atom stereocenters. The maximum Gasteiger partial charge on any atom is 0.274 e. The number of nitrogens with two attached hydrogens (primary N) is 1. The van der Waals surface area contributed by atoms with Crippen molar-refractivity contribution >= 4 is 34.9 Å². The Kier molecular flexibility index (Phi) is 5.65. The second-order valence-electron chi connectivity index (χ2n) is 5.36. The fourth-order valence-corrected chi connectivity index (χ4v) is 2.60. The lowest BCUT2D eigenvalue weighted by Gasteiger charge is -2.09. The lowest BCUT2D eigenvalue weighted by molar-refractivity contribution is 0.102. The van der Waals surface area contributed by atoms with E-state index in [0.29, 0.717) is 23.7 Å². The van der Waals surface area contributed by atoms with Crippen molar-refractivity contribution in [1.82, 2.24) is 15.0 Å². The van der Waals surface area contributed by atoms with E-state index in [-0.39, 0.29) is 5.91 Å². The van der Waals surface area contributed by atoms with Gasteiger partial charge < -0.3 is 16.4 Å². The molecule has 3 heterocycles. The zero-order chi connectivity index (χ0) is 18.4. The highest BCUT2D eigenvalue weighted by Crippen LogP contribution is 2.17. The third-order valence-electron chi connectivity index (χ3n) is 3.58. The first-order valence-electron chi connectivity index (χ1n) is 7.86. The van der Waals surface area contributed by atoms with E-state index in [1.165, 1.54) is 0 Å². The van der Waals surface area contributed by atoms with E-state index in [4.69, 9.17) is 5.73 Å². The number of carbonyl (C=O) groups is 1. The van der Waals surface area contributed by atoms with E-state index in [0.717, 1.165) is 16.3 Å². The Labute approximate surface area is 155 Å². The number of thioether (sulfide) groups is 1. The van der Waals surface area contributed by atoms with Gasteiger partial charge in [-0.25, -0.2) is 9.97 Å². The lowest BCUT2D eigenvalue weighted by Crippen LogP contribution is -2.14. The van der Waals surface area contributed by atoms with Crippen LogP contribution in [0.4, 0.5) is 17.2 Å². The summed E-state index contributed by atoms with van der Waals surface area (Å²) in [6, 6.07) is 10.8. The molecule has 0 aromatic carbocycles. The third-order valence-corrected chi connectivity index (χ3v) is 4.29. The minimum absolute atomic E-state index is 0.265. The molecule has 3 aromatic heterocycles. The average molecular weight is 366 g/mol. The van der Waals surface area contributed by atoms with Crippen LogP contribution in [0.2, 0.25) is 0 Å². The highest BCUT2D eigenvalue weighted by atomic mass is 32.2. The Morgan fingerprint density at radius 2 is 2.04 bits per heavy atom. The molecule has 0 aliphatic heterocycles. The number of pyridine rings is 3. The number of anilines is 3. The summed E-state index contributed by atoms with van der Waals surface area (Å²) in [5.74, 6) is 0.163. The zero-order valence-electron chi connectivity index (χ0n) is 14.1. The third kappa shape index (κ3) is 4.48. The van der Waals surface area contributed by atoms with Gasteiger partial charge in [0.2, 0.25) is 0 Å². The summed E-state index contributed by atoms with van der Waals surface area (Å²) in [5.41, 5.74) is 8.32. The molecule has 0 aliphatic rings. The second kappa shape index (κ2) is 8.30. The van der Waals surface area contributed by atoms with Gasteiger partial charge in [0.25, 0.3) is 5.91 Å². The number of amides is 1. The molecular weight excluding hydrogens is 348 g/mol. The van der Waals surface area contributed by atoms with E-state index < -0.39 is 0 Å². The fourth-order valence-electron chi connectivity index (χ4n) is 2.24. The number of nitrogen functional groups attached to an aromatic ring is 1. The van der Waals surface area contributed by atoms with Crippen LogP contribution in [0.3, 0.4) is 0 Å². The van der Waals surface area contributed by atoms with Crippen molar-refractivity contribution in [3.63, 3.8) is 0 Å². The van der Waals surface area contributed by atoms with Crippen LogP contribution in [0.1, 0.15) is 16.2 Å². The maximum atomic E-state index is 12.3. The number of nitrogens with one attached hydrogen (secondary N) is 2. The highest BCUT2D eigenvalue weighted by molar-refractivity contribution is 7.98. The van der Waals surface area contributed by atoms with Crippen LogP contribution >= 0.6 is 11.8 Å². The lowest BCUT2D eigenvalue weighted by atomic mass is 10.2. The first kappa shape index (κ1) is 17.7. The SMILES string of the molecule is CSc1ccc(C(=O)Nc2ccnc(CNc3cccnc3N)c2)nc1. The van der Waals surface area contributed by atoms with Crippen molar-refractivity contribution in [3.05, 3.63) is 66.4 Å². The summed E-state index contributed by atoms with van der Waals surface area (Å²) in [7, 11) is 0. The quantitative estimate of drug-likeness (QED) is 0.576. The van der Waals surface area contributed by atoms with E-state index in [1.807, 2.05) is 18.4 Å².